The van der Waals surface area contributed by atoms with Gasteiger partial charge >= 0.3 is 5.97 Å². The van der Waals surface area contributed by atoms with Crippen molar-refractivity contribution in [1.29, 1.82) is 0 Å². The maximum absolute atomic E-state index is 12.6. The van der Waals surface area contributed by atoms with Crippen LogP contribution in [-0.4, -0.2) is 44.8 Å². The third-order valence-electron chi connectivity index (χ3n) is 4.89. The molecule has 0 spiro atoms. The number of rotatable bonds is 9. The standard InChI is InChI=1S/C24H26N2O7S/c1-16-10-12-20(34(29,30)26(3)4)14-21(16)25-23(27)17(2)32-24(28)22-13-11-19(33-22)15-31-18-8-6-5-7-9-18/h5-14,17H,15H2,1-4H3,(H,25,27). The number of furan rings is 1. The molecule has 2 aromatic carbocycles. The second-order valence-corrected chi connectivity index (χ2v) is 9.82. The zero-order valence-corrected chi connectivity index (χ0v) is 20.1. The first kappa shape index (κ1) is 25.0. The first-order chi connectivity index (χ1) is 16.1. The molecule has 9 nitrogen and oxygen atoms in total. The Morgan fingerprint density at radius 3 is 2.44 bits per heavy atom. The molecule has 3 aromatic rings. The molecule has 34 heavy (non-hydrogen) atoms. The Morgan fingerprint density at radius 1 is 1.06 bits per heavy atom. The van der Waals surface area contributed by atoms with Crippen LogP contribution in [0.3, 0.4) is 0 Å². The van der Waals surface area contributed by atoms with Gasteiger partial charge in [0.2, 0.25) is 15.8 Å². The molecular weight excluding hydrogens is 460 g/mol. The van der Waals surface area contributed by atoms with Gasteiger partial charge in [-0.2, -0.15) is 0 Å². The van der Waals surface area contributed by atoms with Crippen LogP contribution in [0.1, 0.15) is 28.8 Å². The van der Waals surface area contributed by atoms with E-state index in [4.69, 9.17) is 13.9 Å². The van der Waals surface area contributed by atoms with Crippen molar-refractivity contribution in [3.05, 3.63) is 77.7 Å². The van der Waals surface area contributed by atoms with Crippen molar-refractivity contribution in [1.82, 2.24) is 4.31 Å². The van der Waals surface area contributed by atoms with Gasteiger partial charge in [0.05, 0.1) is 4.90 Å². The minimum Gasteiger partial charge on any atom is -0.486 e. The Hall–Kier alpha value is -3.63. The third kappa shape index (κ3) is 6.03. The summed E-state index contributed by atoms with van der Waals surface area (Å²) in [5, 5.41) is 2.61. The van der Waals surface area contributed by atoms with Gasteiger partial charge in [-0.1, -0.05) is 24.3 Å². The van der Waals surface area contributed by atoms with Crippen LogP contribution in [0.5, 0.6) is 5.75 Å². The van der Waals surface area contributed by atoms with E-state index in [9.17, 15) is 18.0 Å². The highest BCUT2D eigenvalue weighted by molar-refractivity contribution is 7.89. The van der Waals surface area contributed by atoms with Crippen LogP contribution in [0.4, 0.5) is 5.69 Å². The number of ether oxygens (including phenoxy) is 2. The number of nitrogens with one attached hydrogen (secondary N) is 1. The van der Waals surface area contributed by atoms with Crippen LogP contribution in [0.15, 0.2) is 70.0 Å². The van der Waals surface area contributed by atoms with E-state index in [0.717, 1.165) is 4.31 Å². The van der Waals surface area contributed by atoms with Crippen LogP contribution in [0.2, 0.25) is 0 Å². The number of carbonyl (C=O) groups is 2. The lowest BCUT2D eigenvalue weighted by atomic mass is 10.2. The second-order valence-electron chi connectivity index (χ2n) is 7.67. The van der Waals surface area contributed by atoms with Crippen LogP contribution >= 0.6 is 0 Å². The van der Waals surface area contributed by atoms with Crippen molar-refractivity contribution >= 4 is 27.6 Å². The summed E-state index contributed by atoms with van der Waals surface area (Å²) in [4.78, 5) is 25.0. The number of hydrogen-bond donors (Lipinski definition) is 1. The fourth-order valence-electron chi connectivity index (χ4n) is 2.85. The van der Waals surface area contributed by atoms with Crippen LogP contribution < -0.4 is 10.1 Å². The Labute approximate surface area is 198 Å². The number of sulfonamides is 1. The fraction of sp³-hybridized carbons (Fsp3) is 0.250. The van der Waals surface area contributed by atoms with Gasteiger partial charge in [-0.05, 0) is 55.8 Å². The highest BCUT2D eigenvalue weighted by atomic mass is 32.2. The average molecular weight is 487 g/mol. The first-order valence-corrected chi connectivity index (χ1v) is 11.8. The lowest BCUT2D eigenvalue weighted by molar-refractivity contribution is -0.123. The molecule has 0 saturated carbocycles. The molecule has 0 aliphatic rings. The Morgan fingerprint density at radius 2 is 1.76 bits per heavy atom. The molecule has 0 radical (unpaired) electrons. The maximum atomic E-state index is 12.6. The van der Waals surface area contributed by atoms with E-state index < -0.39 is 28.0 Å². The number of nitrogens with zero attached hydrogens (tertiary/aromatic N) is 1. The Kier molecular flexibility index (Phi) is 7.75. The van der Waals surface area contributed by atoms with Gasteiger partial charge in [0.25, 0.3) is 5.91 Å². The summed E-state index contributed by atoms with van der Waals surface area (Å²) in [6.07, 6.45) is -1.16. The zero-order chi connectivity index (χ0) is 24.9. The van der Waals surface area contributed by atoms with Crippen LogP contribution in [0.25, 0.3) is 0 Å². The minimum absolute atomic E-state index is 0.0314. The summed E-state index contributed by atoms with van der Waals surface area (Å²) in [6.45, 7) is 3.25. The number of carbonyl (C=O) groups excluding carboxylic acids is 2. The molecule has 1 atom stereocenters. The molecule has 1 aromatic heterocycles. The molecule has 1 unspecified atom stereocenters. The average Bonchev–Trinajstić information content (AvgIpc) is 3.29. The van der Waals surface area contributed by atoms with Gasteiger partial charge in [-0.15, -0.1) is 0 Å². The van der Waals surface area contributed by atoms with Gasteiger partial charge in [-0.3, -0.25) is 4.79 Å². The summed E-state index contributed by atoms with van der Waals surface area (Å²) in [7, 11) is -0.835. The molecule has 0 fully saturated rings. The van der Waals surface area contributed by atoms with Crippen molar-refractivity contribution in [2.24, 2.45) is 0 Å². The third-order valence-corrected chi connectivity index (χ3v) is 6.70. The summed E-state index contributed by atoms with van der Waals surface area (Å²) in [5.74, 6) is -0.417. The van der Waals surface area contributed by atoms with Crippen molar-refractivity contribution in [3.63, 3.8) is 0 Å². The van der Waals surface area contributed by atoms with E-state index in [1.807, 2.05) is 18.2 Å². The number of aryl methyl sites for hydroxylation is 1. The maximum Gasteiger partial charge on any atom is 0.375 e. The summed E-state index contributed by atoms with van der Waals surface area (Å²) >= 11 is 0. The summed E-state index contributed by atoms with van der Waals surface area (Å²) in [6, 6.07) is 16.6. The van der Waals surface area contributed by atoms with E-state index in [-0.39, 0.29) is 17.3 Å². The molecule has 3 rings (SSSR count). The molecule has 1 heterocycles. The zero-order valence-electron chi connectivity index (χ0n) is 19.3. The topological polar surface area (TPSA) is 115 Å². The van der Waals surface area contributed by atoms with Crippen LogP contribution in [0, 0.1) is 6.92 Å². The molecule has 0 saturated heterocycles. The minimum atomic E-state index is -3.67. The molecule has 1 N–H and O–H groups in total. The van der Waals surface area contributed by atoms with Crippen molar-refractivity contribution in [2.45, 2.75) is 31.5 Å². The van der Waals surface area contributed by atoms with Gasteiger partial charge in [0, 0.05) is 19.8 Å². The summed E-state index contributed by atoms with van der Waals surface area (Å²) in [5.41, 5.74) is 0.952. The molecule has 1 amide bonds. The molecular formula is C24H26N2O7S. The first-order valence-electron chi connectivity index (χ1n) is 10.4. The highest BCUT2D eigenvalue weighted by Crippen LogP contribution is 2.22. The van der Waals surface area contributed by atoms with E-state index in [1.54, 1.807) is 31.2 Å². The van der Waals surface area contributed by atoms with Crippen molar-refractivity contribution in [3.8, 4) is 5.75 Å². The van der Waals surface area contributed by atoms with E-state index in [2.05, 4.69) is 5.32 Å². The second kappa shape index (κ2) is 10.5. The molecule has 10 heteroatoms. The Bertz CT molecular complexity index is 1270. The number of para-hydroxylation sites is 1. The van der Waals surface area contributed by atoms with E-state index in [0.29, 0.717) is 22.8 Å². The predicted octanol–water partition coefficient (Wildman–Crippen LogP) is 3.60. The van der Waals surface area contributed by atoms with Crippen LogP contribution in [-0.2, 0) is 26.2 Å². The normalized spacial score (nSPS) is 12.3. The molecule has 0 aliphatic heterocycles. The number of amides is 1. The van der Waals surface area contributed by atoms with E-state index in [1.165, 1.54) is 39.2 Å². The lowest BCUT2D eigenvalue weighted by Gasteiger charge is -2.16. The van der Waals surface area contributed by atoms with Crippen molar-refractivity contribution in [2.75, 3.05) is 19.4 Å². The monoisotopic (exact) mass is 486 g/mol. The fourth-order valence-corrected chi connectivity index (χ4v) is 3.78. The largest absolute Gasteiger partial charge is 0.486 e. The van der Waals surface area contributed by atoms with Gasteiger partial charge < -0.3 is 19.2 Å². The van der Waals surface area contributed by atoms with E-state index >= 15 is 0 Å². The highest BCUT2D eigenvalue weighted by Gasteiger charge is 2.23. The number of anilines is 1. The molecule has 0 aliphatic carbocycles. The van der Waals surface area contributed by atoms with Crippen molar-refractivity contribution < 1.29 is 31.9 Å². The SMILES string of the molecule is Cc1ccc(S(=O)(=O)N(C)C)cc1NC(=O)C(C)OC(=O)c1ccc(COc2ccccc2)o1. The number of benzene rings is 2. The molecule has 180 valence electrons. The quantitative estimate of drug-likeness (QED) is 0.460. The number of hydrogen-bond acceptors (Lipinski definition) is 7. The molecule has 0 bridgehead atoms. The summed E-state index contributed by atoms with van der Waals surface area (Å²) < 4.78 is 42.1. The van der Waals surface area contributed by atoms with Gasteiger partial charge in [0.1, 0.15) is 18.1 Å². The van der Waals surface area contributed by atoms with Gasteiger partial charge in [-0.25, -0.2) is 17.5 Å². The predicted molar refractivity (Wildman–Crippen MR) is 125 cm³/mol. The smallest absolute Gasteiger partial charge is 0.375 e. The van der Waals surface area contributed by atoms with Gasteiger partial charge in [0.15, 0.2) is 6.10 Å². The number of esters is 1. The Balaban J connectivity index is 1.61. The lowest BCUT2D eigenvalue weighted by Crippen LogP contribution is -2.30.